The van der Waals surface area contributed by atoms with Crippen LogP contribution in [0, 0.1) is 17.2 Å². The number of ether oxygens (including phenoxy) is 1. The van der Waals surface area contributed by atoms with Crippen LogP contribution in [0.4, 0.5) is 0 Å². The van der Waals surface area contributed by atoms with Gasteiger partial charge < -0.3 is 19.7 Å². The fourth-order valence-corrected chi connectivity index (χ4v) is 3.95. The van der Waals surface area contributed by atoms with Crippen molar-refractivity contribution in [2.45, 2.75) is 52.7 Å². The van der Waals surface area contributed by atoms with Gasteiger partial charge in [0.25, 0.3) is 5.91 Å². The lowest BCUT2D eigenvalue weighted by molar-refractivity contribution is 0.0919. The Labute approximate surface area is 217 Å². The first-order valence-electron chi connectivity index (χ1n) is 12.4. The second kappa shape index (κ2) is 12.3. The maximum Gasteiger partial charge on any atom is 0.251 e. The summed E-state index contributed by atoms with van der Waals surface area (Å²) in [4.78, 5) is 29.8. The average molecular weight is 503 g/mol. The third kappa shape index (κ3) is 7.05. The van der Waals surface area contributed by atoms with E-state index >= 15 is 0 Å². The van der Waals surface area contributed by atoms with Gasteiger partial charge in [0.1, 0.15) is 11.8 Å². The summed E-state index contributed by atoms with van der Waals surface area (Å²) in [6, 6.07) is 14.3. The number of amides is 1. The maximum atomic E-state index is 12.9. The van der Waals surface area contributed by atoms with Crippen molar-refractivity contribution in [1.82, 2.24) is 14.9 Å². The molecule has 3 rings (SSSR count). The molecule has 0 aliphatic carbocycles. The van der Waals surface area contributed by atoms with Gasteiger partial charge >= 0.3 is 0 Å². The number of aromatic nitrogens is 2. The first-order valence-corrected chi connectivity index (χ1v) is 12.4. The van der Waals surface area contributed by atoms with Crippen LogP contribution in [-0.2, 0) is 13.5 Å². The monoisotopic (exact) mass is 502 g/mol. The largest absolute Gasteiger partial charge is 0.490 e. The Morgan fingerprint density at radius 1 is 1.14 bits per heavy atom. The molecule has 0 spiro atoms. The number of carbonyl (C=O) groups excluding carboxylic acids is 2. The molecule has 0 bridgehead atoms. The van der Waals surface area contributed by atoms with Crippen LogP contribution in [-0.4, -0.2) is 45.1 Å². The second-order valence-corrected chi connectivity index (χ2v) is 9.65. The smallest absolute Gasteiger partial charge is 0.251 e. The van der Waals surface area contributed by atoms with Crippen LogP contribution in [0.5, 0.6) is 5.75 Å². The predicted molar refractivity (Wildman–Crippen MR) is 141 cm³/mol. The van der Waals surface area contributed by atoms with E-state index in [4.69, 9.17) is 4.74 Å². The molecule has 1 heterocycles. The Hall–Kier alpha value is -3.96. The van der Waals surface area contributed by atoms with Crippen molar-refractivity contribution in [3.05, 3.63) is 71.2 Å². The number of nitrogens with one attached hydrogen (secondary N) is 1. The summed E-state index contributed by atoms with van der Waals surface area (Å²) in [7, 11) is 1.81. The molecule has 0 saturated heterocycles. The summed E-state index contributed by atoms with van der Waals surface area (Å²) in [5.74, 6) is 0.418. The summed E-state index contributed by atoms with van der Waals surface area (Å²) in [5, 5.41) is 22.0. The average Bonchev–Trinajstić information content (AvgIpc) is 3.25. The summed E-state index contributed by atoms with van der Waals surface area (Å²) in [6.45, 7) is 7.37. The number of Topliss-reactive ketones (excluding diaryl/α,β-unsaturated/α-hetero) is 1. The van der Waals surface area contributed by atoms with Crippen LogP contribution >= 0.6 is 0 Å². The van der Waals surface area contributed by atoms with Gasteiger partial charge in [0.05, 0.1) is 17.4 Å². The first-order chi connectivity index (χ1) is 17.6. The van der Waals surface area contributed by atoms with Crippen LogP contribution in [0.2, 0.25) is 0 Å². The van der Waals surface area contributed by atoms with E-state index in [9.17, 15) is 20.0 Å². The highest BCUT2D eigenvalue weighted by Crippen LogP contribution is 2.23. The Balaban J connectivity index is 1.71. The zero-order valence-electron chi connectivity index (χ0n) is 22.0. The molecule has 8 nitrogen and oxygen atoms in total. The lowest BCUT2D eigenvalue weighted by Gasteiger charge is -2.19. The number of rotatable bonds is 11. The molecule has 1 atom stereocenters. The lowest BCUT2D eigenvalue weighted by atomic mass is 10.0. The third-order valence-electron chi connectivity index (χ3n) is 5.89. The quantitative estimate of drug-likeness (QED) is 0.378. The van der Waals surface area contributed by atoms with Crippen molar-refractivity contribution in [3.8, 4) is 23.1 Å². The van der Waals surface area contributed by atoms with E-state index < -0.39 is 0 Å². The Morgan fingerprint density at radius 2 is 1.84 bits per heavy atom. The number of hydrogen-bond acceptors (Lipinski definition) is 6. The molecule has 37 heavy (non-hydrogen) atoms. The molecule has 1 aromatic heterocycles. The zero-order chi connectivity index (χ0) is 27.1. The van der Waals surface area contributed by atoms with Crippen molar-refractivity contribution < 1.29 is 19.4 Å². The van der Waals surface area contributed by atoms with Gasteiger partial charge in [-0.25, -0.2) is 4.98 Å². The molecule has 8 heteroatoms. The molecule has 1 amide bonds. The van der Waals surface area contributed by atoms with Gasteiger partial charge in [0.15, 0.2) is 5.82 Å². The molecule has 194 valence electrons. The molecule has 0 aliphatic heterocycles. The Bertz CT molecular complexity index is 1290. The van der Waals surface area contributed by atoms with E-state index in [2.05, 4.69) is 16.4 Å². The van der Waals surface area contributed by atoms with E-state index in [1.54, 1.807) is 16.7 Å². The second-order valence-electron chi connectivity index (χ2n) is 9.65. The van der Waals surface area contributed by atoms with Gasteiger partial charge in [-0.1, -0.05) is 38.1 Å². The van der Waals surface area contributed by atoms with Gasteiger partial charge in [-0.05, 0) is 50.5 Å². The van der Waals surface area contributed by atoms with E-state index in [-0.39, 0.29) is 36.4 Å². The van der Waals surface area contributed by atoms with Crippen LogP contribution in [0.25, 0.3) is 11.3 Å². The molecular formula is C29H34N4O4. The lowest BCUT2D eigenvalue weighted by Crippen LogP contribution is -2.37. The summed E-state index contributed by atoms with van der Waals surface area (Å²) >= 11 is 0. The predicted octanol–water partition coefficient (Wildman–Crippen LogP) is 4.31. The minimum Gasteiger partial charge on any atom is -0.490 e. The summed E-state index contributed by atoms with van der Waals surface area (Å²) in [5.41, 5.74) is 3.24. The van der Waals surface area contributed by atoms with Crippen molar-refractivity contribution in [3.63, 3.8) is 0 Å². The number of benzene rings is 2. The Kier molecular flexibility index (Phi) is 9.20. The fraction of sp³-hybridized carbons (Fsp3) is 0.379. The fourth-order valence-electron chi connectivity index (χ4n) is 3.95. The number of nitriles is 1. The van der Waals surface area contributed by atoms with Crippen molar-refractivity contribution in [2.24, 2.45) is 13.0 Å². The van der Waals surface area contributed by atoms with E-state index in [0.717, 1.165) is 16.8 Å². The summed E-state index contributed by atoms with van der Waals surface area (Å²) < 4.78 is 7.38. The number of nitrogens with zero attached hydrogens (tertiary/aromatic N) is 3. The number of hydrogen-bond donors (Lipinski definition) is 2. The number of imidazole rings is 1. The SMILES string of the molecule is CC(C)Oc1ccc(C(=O)N[C@H](CCO)Cc2ccc(-c3cn(C)c(C(=O)C(C)C)n3)cc2)cc1C#N. The minimum atomic E-state index is -0.321. The molecule has 0 fully saturated rings. The van der Waals surface area contributed by atoms with Gasteiger partial charge in [-0.3, -0.25) is 9.59 Å². The van der Waals surface area contributed by atoms with Gasteiger partial charge in [-0.2, -0.15) is 5.26 Å². The molecule has 2 N–H and O–H groups in total. The molecule has 0 radical (unpaired) electrons. The number of ketones is 1. The molecule has 0 saturated carbocycles. The first kappa shape index (κ1) is 27.6. The number of aliphatic hydroxyl groups is 1. The molecule has 2 aromatic carbocycles. The van der Waals surface area contributed by atoms with Gasteiger partial charge in [-0.15, -0.1) is 0 Å². The highest BCUT2D eigenvalue weighted by molar-refractivity contribution is 5.95. The van der Waals surface area contributed by atoms with E-state index in [1.807, 2.05) is 65.2 Å². The minimum absolute atomic E-state index is 0.00284. The summed E-state index contributed by atoms with van der Waals surface area (Å²) in [6.07, 6.45) is 2.65. The standard InChI is InChI=1S/C29H34N4O4/c1-18(2)27(35)28-32-25(17-33(28)5)21-8-6-20(7-9-21)14-24(12-13-34)31-29(36)22-10-11-26(37-19(3)4)23(15-22)16-30/h6-11,15,17-19,24,34H,12-14H2,1-5H3,(H,31,36)/t24-/m1/s1. The van der Waals surface area contributed by atoms with Crippen LogP contribution < -0.4 is 10.1 Å². The molecular weight excluding hydrogens is 468 g/mol. The van der Waals surface area contributed by atoms with Crippen molar-refractivity contribution in [2.75, 3.05) is 6.61 Å². The Morgan fingerprint density at radius 3 is 2.43 bits per heavy atom. The highest BCUT2D eigenvalue weighted by atomic mass is 16.5. The maximum absolute atomic E-state index is 12.9. The number of carbonyl (C=O) groups is 2. The van der Waals surface area contributed by atoms with Crippen LogP contribution in [0.3, 0.4) is 0 Å². The topological polar surface area (TPSA) is 117 Å². The molecule has 0 unspecified atom stereocenters. The van der Waals surface area contributed by atoms with Crippen LogP contribution in [0.1, 0.15) is 66.2 Å². The number of aryl methyl sites for hydroxylation is 1. The molecule has 3 aromatic rings. The zero-order valence-corrected chi connectivity index (χ0v) is 22.0. The normalized spacial score (nSPS) is 11.9. The number of aliphatic hydroxyl groups excluding tert-OH is 1. The van der Waals surface area contributed by atoms with E-state index in [1.165, 1.54) is 6.07 Å². The van der Waals surface area contributed by atoms with Crippen molar-refractivity contribution in [1.29, 1.82) is 5.26 Å². The molecule has 0 aliphatic rings. The third-order valence-corrected chi connectivity index (χ3v) is 5.89. The highest BCUT2D eigenvalue weighted by Gasteiger charge is 2.19. The van der Waals surface area contributed by atoms with Crippen molar-refractivity contribution >= 4 is 11.7 Å². The van der Waals surface area contributed by atoms with Crippen LogP contribution in [0.15, 0.2) is 48.7 Å². The van der Waals surface area contributed by atoms with Gasteiger partial charge in [0.2, 0.25) is 5.78 Å². The van der Waals surface area contributed by atoms with Gasteiger partial charge in [0, 0.05) is 42.9 Å². The van der Waals surface area contributed by atoms with E-state index in [0.29, 0.717) is 35.5 Å².